The Bertz CT molecular complexity index is 256. The third-order valence-corrected chi connectivity index (χ3v) is 4.12. The van der Waals surface area contributed by atoms with Crippen LogP contribution < -0.4 is 11.3 Å². The second-order valence-electron chi connectivity index (χ2n) is 5.34. The number of unbranched alkanes of at least 4 members (excludes halogenated alkanes) is 2. The summed E-state index contributed by atoms with van der Waals surface area (Å²) in [6, 6.07) is 0.748. The molecule has 0 bridgehead atoms. The molecule has 0 aromatic rings. The number of carbonyl (C=O) groups excluding carboxylic acids is 1. The molecule has 0 aromatic carbocycles. The fraction of sp³-hybridized carbons (Fsp3) is 0.929. The molecule has 0 aliphatic carbocycles. The highest BCUT2D eigenvalue weighted by Crippen LogP contribution is 2.16. The highest BCUT2D eigenvalue weighted by atomic mass is 16.2. The van der Waals surface area contributed by atoms with Crippen LogP contribution in [0.5, 0.6) is 0 Å². The number of hydrogen-bond acceptors (Lipinski definition) is 4. The quantitative estimate of drug-likeness (QED) is 0.283. The molecule has 3 N–H and O–H groups in total. The van der Waals surface area contributed by atoms with Crippen LogP contribution in [0.2, 0.25) is 0 Å². The minimum atomic E-state index is -0.0530. The van der Waals surface area contributed by atoms with Gasteiger partial charge in [-0.1, -0.05) is 20.3 Å². The SMILES string of the molecule is CCN(CC)C1CCN(CCCCCC(=O)NN)C1. The lowest BCUT2D eigenvalue weighted by Crippen LogP contribution is -2.37. The third-order valence-electron chi connectivity index (χ3n) is 4.12. The molecule has 0 aromatic heterocycles. The van der Waals surface area contributed by atoms with E-state index in [0.717, 1.165) is 32.0 Å². The van der Waals surface area contributed by atoms with E-state index in [-0.39, 0.29) is 5.91 Å². The number of nitrogens with zero attached hydrogens (tertiary/aromatic N) is 2. The van der Waals surface area contributed by atoms with Gasteiger partial charge in [0.2, 0.25) is 5.91 Å². The Morgan fingerprint density at radius 2 is 2.05 bits per heavy atom. The van der Waals surface area contributed by atoms with E-state index in [1.54, 1.807) is 0 Å². The molecule has 1 unspecified atom stereocenters. The molecule has 1 aliphatic rings. The van der Waals surface area contributed by atoms with E-state index in [2.05, 4.69) is 29.1 Å². The lowest BCUT2D eigenvalue weighted by molar-refractivity contribution is -0.121. The van der Waals surface area contributed by atoms with Crippen molar-refractivity contribution in [1.29, 1.82) is 0 Å². The minimum Gasteiger partial charge on any atom is -0.302 e. The summed E-state index contributed by atoms with van der Waals surface area (Å²) in [5.41, 5.74) is 2.17. The van der Waals surface area contributed by atoms with Gasteiger partial charge in [0.05, 0.1) is 0 Å². The van der Waals surface area contributed by atoms with E-state index in [1.165, 1.54) is 32.5 Å². The summed E-state index contributed by atoms with van der Waals surface area (Å²) >= 11 is 0. The second kappa shape index (κ2) is 9.28. The summed E-state index contributed by atoms with van der Waals surface area (Å²) in [5, 5.41) is 0. The molecule has 1 amide bonds. The zero-order chi connectivity index (χ0) is 14.1. The van der Waals surface area contributed by atoms with Crippen LogP contribution in [0.25, 0.3) is 0 Å². The van der Waals surface area contributed by atoms with Crippen molar-refractivity contribution in [1.82, 2.24) is 15.2 Å². The van der Waals surface area contributed by atoms with Crippen LogP contribution in [0.15, 0.2) is 0 Å². The van der Waals surface area contributed by atoms with Gasteiger partial charge in [0.1, 0.15) is 0 Å². The van der Waals surface area contributed by atoms with E-state index >= 15 is 0 Å². The molecule has 5 heteroatoms. The summed E-state index contributed by atoms with van der Waals surface area (Å²) in [5.74, 6) is 4.99. The first-order valence-corrected chi connectivity index (χ1v) is 7.67. The fourth-order valence-electron chi connectivity index (χ4n) is 2.92. The van der Waals surface area contributed by atoms with Crippen LogP contribution in [0.3, 0.4) is 0 Å². The Balaban J connectivity index is 2.07. The summed E-state index contributed by atoms with van der Waals surface area (Å²) in [7, 11) is 0. The zero-order valence-corrected chi connectivity index (χ0v) is 12.5. The van der Waals surface area contributed by atoms with E-state index in [4.69, 9.17) is 5.84 Å². The van der Waals surface area contributed by atoms with Gasteiger partial charge in [0.25, 0.3) is 0 Å². The predicted molar refractivity (Wildman–Crippen MR) is 78.6 cm³/mol. The topological polar surface area (TPSA) is 61.6 Å². The number of rotatable bonds is 9. The molecular formula is C14H30N4O. The van der Waals surface area contributed by atoms with Gasteiger partial charge in [0, 0.05) is 19.0 Å². The van der Waals surface area contributed by atoms with Crippen molar-refractivity contribution in [2.24, 2.45) is 5.84 Å². The molecule has 0 radical (unpaired) electrons. The van der Waals surface area contributed by atoms with Gasteiger partial charge in [-0.2, -0.15) is 0 Å². The third kappa shape index (κ3) is 5.89. The van der Waals surface area contributed by atoms with Gasteiger partial charge in [-0.25, -0.2) is 5.84 Å². The first kappa shape index (κ1) is 16.4. The van der Waals surface area contributed by atoms with E-state index in [1.807, 2.05) is 0 Å². The summed E-state index contributed by atoms with van der Waals surface area (Å²) in [6.07, 6.45) is 5.09. The normalized spacial score (nSPS) is 20.1. The number of amides is 1. The van der Waals surface area contributed by atoms with Crippen LogP contribution in [0.4, 0.5) is 0 Å². The van der Waals surface area contributed by atoms with Gasteiger partial charge in [-0.05, 0) is 45.4 Å². The number of hydrogen-bond donors (Lipinski definition) is 2. The maximum Gasteiger partial charge on any atom is 0.233 e. The Morgan fingerprint density at radius 1 is 1.32 bits per heavy atom. The van der Waals surface area contributed by atoms with Crippen molar-refractivity contribution < 1.29 is 4.79 Å². The van der Waals surface area contributed by atoms with Crippen molar-refractivity contribution in [3.05, 3.63) is 0 Å². The molecule has 112 valence electrons. The number of likely N-dealkylation sites (N-methyl/N-ethyl adjacent to an activating group) is 1. The number of hydrazine groups is 1. The van der Waals surface area contributed by atoms with Gasteiger partial charge in [-0.3, -0.25) is 15.1 Å². The predicted octanol–water partition coefficient (Wildman–Crippen LogP) is 0.953. The fourth-order valence-corrected chi connectivity index (χ4v) is 2.92. The van der Waals surface area contributed by atoms with Gasteiger partial charge >= 0.3 is 0 Å². The van der Waals surface area contributed by atoms with E-state index < -0.39 is 0 Å². The maximum absolute atomic E-state index is 11.0. The average Bonchev–Trinajstić information content (AvgIpc) is 2.88. The number of carbonyl (C=O) groups is 1. The zero-order valence-electron chi connectivity index (χ0n) is 12.5. The monoisotopic (exact) mass is 270 g/mol. The number of nitrogens with two attached hydrogens (primary N) is 1. The molecule has 1 rings (SSSR count). The van der Waals surface area contributed by atoms with Crippen molar-refractivity contribution in [3.63, 3.8) is 0 Å². The molecule has 1 heterocycles. The molecule has 1 atom stereocenters. The van der Waals surface area contributed by atoms with E-state index in [9.17, 15) is 4.79 Å². The Kier molecular flexibility index (Phi) is 8.02. The standard InChI is InChI=1S/C14H30N4O/c1-3-18(4-2)13-9-11-17(12-13)10-7-5-6-8-14(19)16-15/h13H,3-12,15H2,1-2H3,(H,16,19). The second-order valence-corrected chi connectivity index (χ2v) is 5.34. The Morgan fingerprint density at radius 3 is 2.68 bits per heavy atom. The van der Waals surface area contributed by atoms with E-state index in [0.29, 0.717) is 6.42 Å². The molecule has 19 heavy (non-hydrogen) atoms. The molecule has 1 saturated heterocycles. The Labute approximate surface area is 117 Å². The molecule has 1 aliphatic heterocycles. The summed E-state index contributed by atoms with van der Waals surface area (Å²) in [4.78, 5) is 16.1. The van der Waals surface area contributed by atoms with Gasteiger partial charge < -0.3 is 4.90 Å². The maximum atomic E-state index is 11.0. The largest absolute Gasteiger partial charge is 0.302 e. The summed E-state index contributed by atoms with van der Waals surface area (Å²) in [6.45, 7) is 10.4. The molecular weight excluding hydrogens is 240 g/mol. The highest BCUT2D eigenvalue weighted by molar-refractivity contribution is 5.74. The first-order valence-electron chi connectivity index (χ1n) is 7.67. The van der Waals surface area contributed by atoms with Crippen molar-refractivity contribution in [2.75, 3.05) is 32.7 Å². The Hall–Kier alpha value is -0.650. The van der Waals surface area contributed by atoms with Gasteiger partial charge in [0.15, 0.2) is 0 Å². The number of likely N-dealkylation sites (tertiary alicyclic amines) is 1. The lowest BCUT2D eigenvalue weighted by atomic mass is 10.2. The molecule has 0 saturated carbocycles. The van der Waals surface area contributed by atoms with Crippen LogP contribution in [-0.2, 0) is 4.79 Å². The van der Waals surface area contributed by atoms with Gasteiger partial charge in [-0.15, -0.1) is 0 Å². The lowest BCUT2D eigenvalue weighted by Gasteiger charge is -2.26. The van der Waals surface area contributed by atoms with Crippen LogP contribution in [0, 0.1) is 0 Å². The summed E-state index contributed by atoms with van der Waals surface area (Å²) < 4.78 is 0. The smallest absolute Gasteiger partial charge is 0.233 e. The highest BCUT2D eigenvalue weighted by Gasteiger charge is 2.25. The molecule has 1 fully saturated rings. The number of nitrogens with one attached hydrogen (secondary N) is 1. The first-order chi connectivity index (χ1) is 9.21. The molecule has 0 spiro atoms. The van der Waals surface area contributed by atoms with Crippen LogP contribution in [0.1, 0.15) is 46.0 Å². The van der Waals surface area contributed by atoms with Crippen molar-refractivity contribution >= 4 is 5.91 Å². The van der Waals surface area contributed by atoms with Crippen molar-refractivity contribution in [2.45, 2.75) is 52.0 Å². The average molecular weight is 270 g/mol. The minimum absolute atomic E-state index is 0.0530. The van der Waals surface area contributed by atoms with Crippen molar-refractivity contribution in [3.8, 4) is 0 Å². The van der Waals surface area contributed by atoms with Crippen LogP contribution >= 0.6 is 0 Å². The van der Waals surface area contributed by atoms with Crippen LogP contribution in [-0.4, -0.2) is 54.5 Å². The molecule has 5 nitrogen and oxygen atoms in total.